The fourth-order valence-electron chi connectivity index (χ4n) is 1.22. The van der Waals surface area contributed by atoms with Gasteiger partial charge in [0.25, 0.3) is 0 Å². The van der Waals surface area contributed by atoms with Crippen molar-refractivity contribution in [3.8, 4) is 0 Å². The Morgan fingerprint density at radius 1 is 1.55 bits per heavy atom. The molecule has 11 heavy (non-hydrogen) atoms. The van der Waals surface area contributed by atoms with Crippen molar-refractivity contribution in [3.63, 3.8) is 0 Å². The van der Waals surface area contributed by atoms with Crippen LogP contribution in [0.25, 0.3) is 0 Å². The Morgan fingerprint density at radius 2 is 2.09 bits per heavy atom. The highest BCUT2D eigenvalue weighted by Gasteiger charge is 2.41. The van der Waals surface area contributed by atoms with Gasteiger partial charge in [-0.15, -0.1) is 0 Å². The fourth-order valence-corrected chi connectivity index (χ4v) is 1.80. The molecule has 1 aliphatic heterocycles. The minimum absolute atomic E-state index is 0.0356. The van der Waals surface area contributed by atoms with E-state index in [0.717, 1.165) is 6.42 Å². The van der Waals surface area contributed by atoms with Crippen LogP contribution in [0.15, 0.2) is 0 Å². The molecule has 1 atom stereocenters. The van der Waals surface area contributed by atoms with Gasteiger partial charge < -0.3 is 14.6 Å². The molecule has 0 bridgehead atoms. The molecule has 1 heterocycles. The molecule has 0 amide bonds. The quantitative estimate of drug-likeness (QED) is 0.725. The minimum Gasteiger partial charge on any atom is -0.395 e. The Kier molecular flexibility index (Phi) is 3.30. The maximum Gasteiger partial charge on any atom is 0.182 e. The lowest BCUT2D eigenvalue weighted by atomic mass is 10.1. The minimum atomic E-state index is -0.589. The molecule has 1 fully saturated rings. The molecule has 0 aromatic rings. The molecule has 0 saturated carbocycles. The van der Waals surface area contributed by atoms with Crippen LogP contribution in [-0.2, 0) is 9.47 Å². The molecule has 3 nitrogen and oxygen atoms in total. The number of ether oxygens (including phenoxy) is 2. The van der Waals surface area contributed by atoms with E-state index in [0.29, 0.717) is 13.2 Å². The Morgan fingerprint density at radius 3 is 2.45 bits per heavy atom. The molecule has 1 aliphatic rings. The first-order valence-corrected chi connectivity index (χ1v) is 4.69. The van der Waals surface area contributed by atoms with E-state index in [4.69, 9.17) is 14.6 Å². The van der Waals surface area contributed by atoms with Gasteiger partial charge in [0.1, 0.15) is 0 Å². The summed E-state index contributed by atoms with van der Waals surface area (Å²) in [5, 5.41) is 8.88. The van der Waals surface area contributed by atoms with Gasteiger partial charge in [0.15, 0.2) is 5.79 Å². The third-order valence-electron chi connectivity index (χ3n) is 1.91. The molecule has 1 saturated heterocycles. The van der Waals surface area contributed by atoms with Crippen LogP contribution in [0.2, 0.25) is 0 Å². The second-order valence-corrected chi connectivity index (χ2v) is 3.62. The number of aliphatic hydroxyl groups is 1. The predicted molar refractivity (Wildman–Crippen MR) is 44.7 cm³/mol. The van der Waals surface area contributed by atoms with Crippen molar-refractivity contribution < 1.29 is 14.6 Å². The van der Waals surface area contributed by atoms with E-state index in [2.05, 4.69) is 15.9 Å². The highest BCUT2D eigenvalue weighted by Crippen LogP contribution is 2.31. The van der Waals surface area contributed by atoms with E-state index in [1.54, 1.807) is 0 Å². The first kappa shape index (κ1) is 9.45. The van der Waals surface area contributed by atoms with Gasteiger partial charge in [-0.3, -0.25) is 0 Å². The number of hydrogen-bond donors (Lipinski definition) is 1. The van der Waals surface area contributed by atoms with E-state index in [-0.39, 0.29) is 11.4 Å². The van der Waals surface area contributed by atoms with E-state index in [1.807, 2.05) is 6.92 Å². The van der Waals surface area contributed by atoms with Gasteiger partial charge in [-0.2, -0.15) is 0 Å². The second kappa shape index (κ2) is 3.85. The van der Waals surface area contributed by atoms with Gasteiger partial charge >= 0.3 is 0 Å². The van der Waals surface area contributed by atoms with Crippen LogP contribution in [0.5, 0.6) is 0 Å². The third-order valence-corrected chi connectivity index (χ3v) is 2.89. The van der Waals surface area contributed by atoms with E-state index >= 15 is 0 Å². The zero-order valence-electron chi connectivity index (χ0n) is 6.55. The summed E-state index contributed by atoms with van der Waals surface area (Å²) in [5.74, 6) is -0.589. The number of halogens is 1. The summed E-state index contributed by atoms with van der Waals surface area (Å²) in [4.78, 5) is -0.123. The lowest BCUT2D eigenvalue weighted by molar-refractivity contribution is -0.162. The van der Waals surface area contributed by atoms with Crippen LogP contribution in [0.3, 0.4) is 0 Å². The standard InChI is InChI=1S/C7H13BrO3/c1-2-7(6(8)5-9)10-3-4-11-7/h6,9H,2-5H2,1H3. The van der Waals surface area contributed by atoms with Crippen molar-refractivity contribution in [1.29, 1.82) is 0 Å². The molecule has 1 N–H and O–H groups in total. The first-order valence-electron chi connectivity index (χ1n) is 3.78. The summed E-state index contributed by atoms with van der Waals surface area (Å²) in [6, 6.07) is 0. The van der Waals surface area contributed by atoms with Gasteiger partial charge in [-0.05, 0) is 6.42 Å². The van der Waals surface area contributed by atoms with Crippen molar-refractivity contribution in [1.82, 2.24) is 0 Å². The largest absolute Gasteiger partial charge is 0.395 e. The Bertz CT molecular complexity index is 123. The van der Waals surface area contributed by atoms with Gasteiger partial charge in [0, 0.05) is 0 Å². The molecule has 0 aliphatic carbocycles. The van der Waals surface area contributed by atoms with Crippen LogP contribution in [-0.4, -0.2) is 35.5 Å². The Balaban J connectivity index is 2.58. The Labute approximate surface area is 74.8 Å². The van der Waals surface area contributed by atoms with Crippen molar-refractivity contribution in [2.45, 2.75) is 24.0 Å². The monoisotopic (exact) mass is 224 g/mol. The lowest BCUT2D eigenvalue weighted by Gasteiger charge is -2.29. The number of aliphatic hydroxyl groups excluding tert-OH is 1. The second-order valence-electron chi connectivity index (χ2n) is 2.51. The van der Waals surface area contributed by atoms with Crippen LogP contribution >= 0.6 is 15.9 Å². The molecule has 1 rings (SSSR count). The number of alkyl halides is 1. The summed E-state index contributed by atoms with van der Waals surface area (Å²) < 4.78 is 10.8. The average Bonchev–Trinajstić information content (AvgIpc) is 2.52. The van der Waals surface area contributed by atoms with Gasteiger partial charge in [-0.25, -0.2) is 0 Å². The van der Waals surface area contributed by atoms with Crippen LogP contribution in [0.1, 0.15) is 13.3 Å². The summed E-state index contributed by atoms with van der Waals surface area (Å²) in [6.45, 7) is 3.26. The molecule has 0 aromatic carbocycles. The average molecular weight is 225 g/mol. The van der Waals surface area contributed by atoms with E-state index in [9.17, 15) is 0 Å². The molecule has 0 spiro atoms. The van der Waals surface area contributed by atoms with Crippen molar-refractivity contribution in [2.75, 3.05) is 19.8 Å². The maximum absolute atomic E-state index is 8.88. The van der Waals surface area contributed by atoms with Gasteiger partial charge in [0.2, 0.25) is 0 Å². The molecule has 4 heteroatoms. The molecule has 66 valence electrons. The van der Waals surface area contributed by atoms with Crippen LogP contribution in [0, 0.1) is 0 Å². The van der Waals surface area contributed by atoms with E-state index < -0.39 is 5.79 Å². The predicted octanol–water partition coefficient (Wildman–Crippen LogP) is 0.895. The normalized spacial score (nSPS) is 25.4. The molecule has 1 unspecified atom stereocenters. The topological polar surface area (TPSA) is 38.7 Å². The highest BCUT2D eigenvalue weighted by atomic mass is 79.9. The van der Waals surface area contributed by atoms with Gasteiger partial charge in [-0.1, -0.05) is 22.9 Å². The maximum atomic E-state index is 8.88. The molecule has 0 radical (unpaired) electrons. The van der Waals surface area contributed by atoms with Crippen LogP contribution in [0.4, 0.5) is 0 Å². The zero-order chi connectivity index (χ0) is 8.32. The summed E-state index contributed by atoms with van der Waals surface area (Å²) >= 11 is 3.32. The van der Waals surface area contributed by atoms with Crippen LogP contribution < -0.4 is 0 Å². The van der Waals surface area contributed by atoms with Gasteiger partial charge in [0.05, 0.1) is 24.6 Å². The Hall–Kier alpha value is 0.360. The molecular formula is C7H13BrO3. The van der Waals surface area contributed by atoms with Crippen molar-refractivity contribution in [3.05, 3.63) is 0 Å². The first-order chi connectivity index (χ1) is 5.25. The fraction of sp³-hybridized carbons (Fsp3) is 1.00. The van der Waals surface area contributed by atoms with E-state index in [1.165, 1.54) is 0 Å². The number of hydrogen-bond acceptors (Lipinski definition) is 3. The highest BCUT2D eigenvalue weighted by molar-refractivity contribution is 9.09. The lowest BCUT2D eigenvalue weighted by Crippen LogP contribution is -2.41. The third kappa shape index (κ3) is 1.75. The summed E-state index contributed by atoms with van der Waals surface area (Å²) in [5.41, 5.74) is 0. The zero-order valence-corrected chi connectivity index (χ0v) is 8.13. The summed E-state index contributed by atoms with van der Waals surface area (Å²) in [6.07, 6.45) is 0.753. The SMILES string of the molecule is CCC1(C(Br)CO)OCCO1. The number of rotatable bonds is 3. The van der Waals surface area contributed by atoms with Crippen molar-refractivity contribution >= 4 is 15.9 Å². The molecule has 0 aromatic heterocycles. The summed E-state index contributed by atoms with van der Waals surface area (Å²) in [7, 11) is 0. The molecular weight excluding hydrogens is 212 g/mol. The smallest absolute Gasteiger partial charge is 0.182 e. The van der Waals surface area contributed by atoms with Crippen molar-refractivity contribution in [2.24, 2.45) is 0 Å².